The average molecular weight is 586 g/mol. The van der Waals surface area contributed by atoms with Crippen molar-refractivity contribution in [2.45, 2.75) is 126 Å². The molecule has 1 aliphatic heterocycles. The Morgan fingerprint density at radius 3 is 2.31 bits per heavy atom. The number of nitrogens with one attached hydrogen (secondary N) is 1. The molecule has 242 valence electrons. The lowest BCUT2D eigenvalue weighted by atomic mass is 9.37. The van der Waals surface area contributed by atoms with Crippen molar-refractivity contribution in [1.82, 2.24) is 5.32 Å². The molecule has 5 N–H and O–H groups in total. The number of hydrazine groups is 1. The van der Waals surface area contributed by atoms with Gasteiger partial charge in [-0.3, -0.25) is 11.7 Å². The summed E-state index contributed by atoms with van der Waals surface area (Å²) >= 11 is 0. The van der Waals surface area contributed by atoms with E-state index in [4.69, 9.17) is 9.47 Å². The number of nitrogens with two attached hydrogens (primary N) is 2. The lowest BCUT2D eigenvalue weighted by Crippen LogP contribution is -2.64. The molecular formula is C37H67N3O2. The molecule has 0 aromatic heterocycles. The Morgan fingerprint density at radius 1 is 1.10 bits per heavy atom. The van der Waals surface area contributed by atoms with Crippen LogP contribution in [-0.2, 0) is 9.47 Å². The zero-order chi connectivity index (χ0) is 31.5. The molecule has 0 radical (unpaired) electrons. The van der Waals surface area contributed by atoms with Crippen molar-refractivity contribution in [3.05, 3.63) is 24.0 Å². The van der Waals surface area contributed by atoms with Gasteiger partial charge in [-0.1, -0.05) is 80.9 Å². The smallest absolute Gasteiger partial charge is 0.112 e. The summed E-state index contributed by atoms with van der Waals surface area (Å²) in [7, 11) is 3.75. The molecule has 0 saturated heterocycles. The van der Waals surface area contributed by atoms with E-state index in [9.17, 15) is 0 Å². The summed E-state index contributed by atoms with van der Waals surface area (Å²) in [5.41, 5.74) is 3.63. The summed E-state index contributed by atoms with van der Waals surface area (Å²) in [5.74, 6) is 12.4. The van der Waals surface area contributed by atoms with Crippen LogP contribution in [0.1, 0.15) is 114 Å². The van der Waals surface area contributed by atoms with Crippen LogP contribution in [0.15, 0.2) is 24.0 Å². The molecule has 4 saturated carbocycles. The van der Waals surface area contributed by atoms with Gasteiger partial charge in [0.25, 0.3) is 0 Å². The second kappa shape index (κ2) is 11.5. The molecule has 2 spiro atoms. The van der Waals surface area contributed by atoms with Crippen LogP contribution in [-0.4, -0.2) is 32.4 Å². The second-order valence-electron chi connectivity index (χ2n) is 17.1. The highest BCUT2D eigenvalue weighted by Crippen LogP contribution is 2.91. The molecular weight excluding hydrogens is 518 g/mol. The summed E-state index contributed by atoms with van der Waals surface area (Å²) in [6.45, 7) is 25.3. The van der Waals surface area contributed by atoms with Crippen molar-refractivity contribution in [3.8, 4) is 0 Å². The van der Waals surface area contributed by atoms with Crippen LogP contribution >= 0.6 is 0 Å². The van der Waals surface area contributed by atoms with Gasteiger partial charge in [-0.05, 0) is 111 Å². The zero-order valence-electron chi connectivity index (χ0n) is 29.4. The molecule has 5 nitrogen and oxygen atoms in total. The molecule has 42 heavy (non-hydrogen) atoms. The quantitative estimate of drug-likeness (QED) is 0.168. The Labute approximate surface area is 259 Å². The molecule has 6 rings (SSSR count). The first-order chi connectivity index (χ1) is 19.6. The fourth-order valence-corrected chi connectivity index (χ4v) is 11.8. The molecule has 0 amide bonds. The fraction of sp³-hybridized carbons (Fsp3) is 0.892. The minimum absolute atomic E-state index is 0.0342. The Kier molecular flexibility index (Phi) is 9.30. The van der Waals surface area contributed by atoms with Crippen molar-refractivity contribution >= 4 is 0 Å². The number of fused-ring (bicyclic) bond motifs is 3. The predicted molar refractivity (Wildman–Crippen MR) is 176 cm³/mol. The standard InChI is InChI=1S/C35H56O2.C2H7N.H4N2/c1-11-28(36-21-30(6,7)8)32(10)27-13-12-25-26(35(27)24(5)29(32)35)14-15-33-18-19-37-34(20-33,23(4)22(2)3)17-16-31(25,33)9;1-3-2;1-2/h14,18-19,22-25,27-29H,11-13,15-17,20-21H2,1-10H3;3H,1-2H3;1-2H2/t23-,24?,25?,27?,28?,29?,31?,32+,33-,34-,35?;;/m1../s1. The first kappa shape index (κ1) is 34.0. The van der Waals surface area contributed by atoms with Crippen LogP contribution in [0.25, 0.3) is 0 Å². The summed E-state index contributed by atoms with van der Waals surface area (Å²) in [5, 5.41) is 2.75. The minimum atomic E-state index is 0.0342. The van der Waals surface area contributed by atoms with Crippen molar-refractivity contribution in [3.63, 3.8) is 0 Å². The largest absolute Gasteiger partial charge is 0.495 e. The monoisotopic (exact) mass is 586 g/mol. The normalized spacial score (nSPS) is 45.5. The molecule has 2 bridgehead atoms. The first-order valence-corrected chi connectivity index (χ1v) is 17.2. The highest BCUT2D eigenvalue weighted by atomic mass is 16.5. The molecule has 5 heteroatoms. The van der Waals surface area contributed by atoms with Crippen LogP contribution in [0, 0.1) is 62.6 Å². The number of hydrogen-bond donors (Lipinski definition) is 3. The second-order valence-corrected chi connectivity index (χ2v) is 17.1. The molecule has 0 aromatic carbocycles. The van der Waals surface area contributed by atoms with E-state index in [1.807, 2.05) is 19.7 Å². The van der Waals surface area contributed by atoms with E-state index in [-0.39, 0.29) is 16.4 Å². The van der Waals surface area contributed by atoms with Gasteiger partial charge in [0.2, 0.25) is 0 Å². The van der Waals surface area contributed by atoms with Crippen molar-refractivity contribution in [1.29, 1.82) is 0 Å². The number of hydrogen-bond acceptors (Lipinski definition) is 5. The molecule has 11 atom stereocenters. The number of allylic oxidation sites excluding steroid dienone is 3. The van der Waals surface area contributed by atoms with E-state index in [1.165, 1.54) is 38.5 Å². The lowest BCUT2D eigenvalue weighted by molar-refractivity contribution is -0.193. The fourth-order valence-electron chi connectivity index (χ4n) is 11.8. The van der Waals surface area contributed by atoms with E-state index in [2.05, 4.69) is 105 Å². The molecule has 0 aromatic rings. The SMILES string of the molecule is CCC(OCC(C)(C)C)[C@]1(C)C2CCC3C(=CC[C@]45C=CO[C@]([C@H](C)C(C)C)(CCC34C)C5)C23C(C)C31.CNC.NN. The van der Waals surface area contributed by atoms with Crippen LogP contribution in [0.5, 0.6) is 0 Å². The third-order valence-electron chi connectivity index (χ3n) is 13.9. The van der Waals surface area contributed by atoms with Gasteiger partial charge in [0.15, 0.2) is 0 Å². The Balaban J connectivity index is 0.000000763. The van der Waals surface area contributed by atoms with E-state index < -0.39 is 0 Å². The highest BCUT2D eigenvalue weighted by Gasteiger charge is 2.87. The molecule has 7 unspecified atom stereocenters. The summed E-state index contributed by atoms with van der Waals surface area (Å²) in [6.07, 6.45) is 16.8. The summed E-state index contributed by atoms with van der Waals surface area (Å²) in [6, 6.07) is 0. The van der Waals surface area contributed by atoms with Crippen molar-refractivity contribution in [2.75, 3.05) is 20.7 Å². The first-order valence-electron chi connectivity index (χ1n) is 17.2. The Hall–Kier alpha value is -0.880. The van der Waals surface area contributed by atoms with Gasteiger partial charge in [0, 0.05) is 16.2 Å². The third-order valence-corrected chi connectivity index (χ3v) is 13.9. The average Bonchev–Trinajstić information content (AvgIpc) is 3.49. The Morgan fingerprint density at radius 2 is 1.74 bits per heavy atom. The van der Waals surface area contributed by atoms with Crippen molar-refractivity contribution in [2.24, 2.45) is 74.3 Å². The lowest BCUT2D eigenvalue weighted by Gasteiger charge is -2.69. The van der Waals surface area contributed by atoms with Crippen LogP contribution in [0.3, 0.4) is 0 Å². The maximum Gasteiger partial charge on any atom is 0.112 e. The van der Waals surface area contributed by atoms with Gasteiger partial charge in [0.05, 0.1) is 19.0 Å². The highest BCUT2D eigenvalue weighted by molar-refractivity contribution is 5.48. The van der Waals surface area contributed by atoms with Gasteiger partial charge in [-0.2, -0.15) is 0 Å². The van der Waals surface area contributed by atoms with Gasteiger partial charge < -0.3 is 14.8 Å². The maximum absolute atomic E-state index is 6.76. The molecule has 5 aliphatic carbocycles. The summed E-state index contributed by atoms with van der Waals surface area (Å²) < 4.78 is 13.3. The van der Waals surface area contributed by atoms with Crippen LogP contribution in [0.2, 0.25) is 0 Å². The van der Waals surface area contributed by atoms with Gasteiger partial charge in [0.1, 0.15) is 5.60 Å². The molecule has 4 fully saturated rings. The summed E-state index contributed by atoms with van der Waals surface area (Å²) in [4.78, 5) is 0. The van der Waals surface area contributed by atoms with Gasteiger partial charge >= 0.3 is 0 Å². The van der Waals surface area contributed by atoms with Crippen LogP contribution < -0.4 is 17.0 Å². The predicted octanol–water partition coefficient (Wildman–Crippen LogP) is 7.86. The van der Waals surface area contributed by atoms with E-state index in [0.717, 1.165) is 36.7 Å². The minimum Gasteiger partial charge on any atom is -0.495 e. The van der Waals surface area contributed by atoms with Crippen LogP contribution in [0.4, 0.5) is 0 Å². The van der Waals surface area contributed by atoms with E-state index in [1.54, 1.807) is 0 Å². The van der Waals surface area contributed by atoms with Gasteiger partial charge in [-0.15, -0.1) is 0 Å². The van der Waals surface area contributed by atoms with Gasteiger partial charge in [-0.25, -0.2) is 0 Å². The Bertz CT molecular complexity index is 1030. The van der Waals surface area contributed by atoms with E-state index in [0.29, 0.717) is 34.2 Å². The number of rotatable bonds is 6. The maximum atomic E-state index is 6.76. The molecule has 6 aliphatic rings. The topological polar surface area (TPSA) is 82.5 Å². The van der Waals surface area contributed by atoms with E-state index >= 15 is 0 Å². The third kappa shape index (κ3) is 4.52. The molecule has 1 heterocycles. The zero-order valence-corrected chi connectivity index (χ0v) is 29.4. The number of ether oxygens (including phenoxy) is 2. The van der Waals surface area contributed by atoms with Crippen molar-refractivity contribution < 1.29 is 9.47 Å².